The van der Waals surface area contributed by atoms with E-state index in [1.807, 2.05) is 54.6 Å². The first-order chi connectivity index (χ1) is 19.8. The van der Waals surface area contributed by atoms with E-state index in [9.17, 15) is 9.59 Å². The third-order valence-corrected chi connectivity index (χ3v) is 7.93. The number of rotatable bonds is 9. The van der Waals surface area contributed by atoms with Gasteiger partial charge in [0.2, 0.25) is 0 Å². The van der Waals surface area contributed by atoms with E-state index in [-0.39, 0.29) is 18.8 Å². The molecule has 0 saturated carbocycles. The van der Waals surface area contributed by atoms with Crippen molar-refractivity contribution in [2.45, 2.75) is 19.6 Å². The zero-order valence-electron chi connectivity index (χ0n) is 22.3. The summed E-state index contributed by atoms with van der Waals surface area (Å²) in [5, 5.41) is 1.22. The largest absolute Gasteiger partial charge is 0.489 e. The molecule has 0 fully saturated rings. The minimum Gasteiger partial charge on any atom is -0.489 e. The predicted octanol–water partition coefficient (Wildman–Crippen LogP) is 5.31. The summed E-state index contributed by atoms with van der Waals surface area (Å²) in [5.74, 6) is 0.153. The average Bonchev–Trinajstić information content (AvgIpc) is 3.27. The third kappa shape index (κ3) is 6.63. The summed E-state index contributed by atoms with van der Waals surface area (Å²) in [6.07, 6.45) is 1.81. The van der Waals surface area contributed by atoms with Crippen LogP contribution in [-0.2, 0) is 20.9 Å². The summed E-state index contributed by atoms with van der Waals surface area (Å²) >= 11 is 13.3. The lowest BCUT2D eigenvalue weighted by molar-refractivity contribution is -0.140. The normalized spacial score (nSPS) is 14.9. The van der Waals surface area contributed by atoms with E-state index in [1.165, 1.54) is 18.4 Å². The Kier molecular flexibility index (Phi) is 9.05. The molecule has 0 aliphatic carbocycles. The first-order valence-electron chi connectivity index (χ1n) is 12.8. The van der Waals surface area contributed by atoms with E-state index >= 15 is 0 Å². The van der Waals surface area contributed by atoms with Crippen LogP contribution in [0, 0.1) is 0 Å². The van der Waals surface area contributed by atoms with Gasteiger partial charge in [-0.1, -0.05) is 70.9 Å². The van der Waals surface area contributed by atoms with E-state index < -0.39 is 12.0 Å². The van der Waals surface area contributed by atoms with Crippen molar-refractivity contribution in [2.75, 3.05) is 20.3 Å². The summed E-state index contributed by atoms with van der Waals surface area (Å²) in [5.41, 5.74) is 3.08. The molecule has 10 heteroatoms. The van der Waals surface area contributed by atoms with Crippen molar-refractivity contribution in [1.29, 1.82) is 0 Å². The number of ether oxygens (including phenoxy) is 3. The molecule has 1 aromatic heterocycles. The van der Waals surface area contributed by atoms with Crippen LogP contribution in [0.3, 0.4) is 0 Å². The number of allylic oxidation sites excluding steroid dienone is 1. The number of thiazole rings is 1. The summed E-state index contributed by atoms with van der Waals surface area (Å²) in [6.45, 7) is 2.50. The second-order valence-electron chi connectivity index (χ2n) is 9.25. The zero-order chi connectivity index (χ0) is 28.9. The lowest BCUT2D eigenvalue weighted by atomic mass is 9.96. The van der Waals surface area contributed by atoms with Crippen LogP contribution in [0.5, 0.6) is 5.75 Å². The van der Waals surface area contributed by atoms with Crippen molar-refractivity contribution >= 4 is 46.6 Å². The zero-order valence-corrected chi connectivity index (χ0v) is 24.6. The van der Waals surface area contributed by atoms with Crippen LogP contribution in [0.1, 0.15) is 29.7 Å². The highest BCUT2D eigenvalue weighted by atomic mass is 35.5. The maximum absolute atomic E-state index is 13.8. The molecule has 0 saturated heterocycles. The highest BCUT2D eigenvalue weighted by molar-refractivity contribution is 7.07. The number of esters is 1. The van der Waals surface area contributed by atoms with E-state index in [0.717, 1.165) is 16.7 Å². The first kappa shape index (κ1) is 28.8. The van der Waals surface area contributed by atoms with Crippen molar-refractivity contribution in [2.24, 2.45) is 4.99 Å². The monoisotopic (exact) mass is 608 g/mol. The predicted molar refractivity (Wildman–Crippen MR) is 160 cm³/mol. The molecule has 1 aliphatic heterocycles. The molecule has 0 radical (unpaired) electrons. The minimum absolute atomic E-state index is 0.0866. The van der Waals surface area contributed by atoms with Crippen LogP contribution in [0.15, 0.2) is 93.9 Å². The second-order valence-corrected chi connectivity index (χ2v) is 11.1. The highest BCUT2D eigenvalue weighted by Crippen LogP contribution is 2.31. The molecular formula is C31H26Cl2N2O5S. The van der Waals surface area contributed by atoms with Crippen LogP contribution in [-0.4, -0.2) is 30.9 Å². The van der Waals surface area contributed by atoms with Gasteiger partial charge in [-0.25, -0.2) is 9.79 Å². The van der Waals surface area contributed by atoms with Crippen LogP contribution in [0.25, 0.3) is 6.08 Å². The van der Waals surface area contributed by atoms with Gasteiger partial charge in [-0.2, -0.15) is 0 Å². The number of fused-ring (bicyclic) bond motifs is 1. The molecule has 41 heavy (non-hydrogen) atoms. The van der Waals surface area contributed by atoms with Crippen molar-refractivity contribution < 1.29 is 19.0 Å². The molecule has 2 heterocycles. The number of hydrogen-bond donors (Lipinski definition) is 0. The standard InChI is InChI=1S/C31H26Cl2N2O5S/c1-19-27(30(37)39-16-15-38-2)28(22-7-11-24(33)12-8-22)35-29(36)26(41-31(35)34-19)17-20-5-13-25(14-6-20)40-18-21-3-9-23(32)10-4-21/h3-14,17,28H,15-16,18H2,1-2H3. The third-order valence-electron chi connectivity index (χ3n) is 6.44. The lowest BCUT2D eigenvalue weighted by Crippen LogP contribution is -2.40. The van der Waals surface area contributed by atoms with Gasteiger partial charge in [-0.05, 0) is 66.1 Å². The molecule has 0 bridgehead atoms. The minimum atomic E-state index is -0.718. The van der Waals surface area contributed by atoms with Crippen molar-refractivity contribution in [3.63, 3.8) is 0 Å². The number of carbonyl (C=O) groups excluding carboxylic acids is 1. The van der Waals surface area contributed by atoms with Gasteiger partial charge in [0, 0.05) is 17.2 Å². The Labute approximate surface area is 250 Å². The Morgan fingerprint density at radius 1 is 0.976 bits per heavy atom. The van der Waals surface area contributed by atoms with E-state index in [4.69, 9.17) is 37.4 Å². The summed E-state index contributed by atoms with van der Waals surface area (Å²) < 4.78 is 18.4. The van der Waals surface area contributed by atoms with Crippen molar-refractivity contribution in [3.8, 4) is 5.75 Å². The number of methoxy groups -OCH3 is 1. The molecular weight excluding hydrogens is 583 g/mol. The van der Waals surface area contributed by atoms with Crippen LogP contribution in [0.4, 0.5) is 0 Å². The topological polar surface area (TPSA) is 79.1 Å². The maximum Gasteiger partial charge on any atom is 0.338 e. The molecule has 4 aromatic rings. The Bertz CT molecular complexity index is 1760. The molecule has 1 unspecified atom stereocenters. The number of benzene rings is 3. The smallest absolute Gasteiger partial charge is 0.338 e. The Hall–Kier alpha value is -3.69. The van der Waals surface area contributed by atoms with E-state index in [1.54, 1.807) is 35.8 Å². The second kappa shape index (κ2) is 12.9. The summed E-state index contributed by atoms with van der Waals surface area (Å²) in [6, 6.07) is 21.3. The molecule has 3 aromatic carbocycles. The van der Waals surface area contributed by atoms with Gasteiger partial charge in [0.15, 0.2) is 4.80 Å². The molecule has 0 spiro atoms. The SMILES string of the molecule is COCCOC(=O)C1=C(C)N=c2sc(=Cc3ccc(OCc4ccc(Cl)cc4)cc3)c(=O)n2C1c1ccc(Cl)cc1. The number of nitrogens with zero attached hydrogens (tertiary/aromatic N) is 2. The van der Waals surface area contributed by atoms with Crippen LogP contribution < -0.4 is 19.6 Å². The summed E-state index contributed by atoms with van der Waals surface area (Å²) in [7, 11) is 1.53. The fourth-order valence-electron chi connectivity index (χ4n) is 4.40. The fourth-order valence-corrected chi connectivity index (χ4v) is 5.70. The van der Waals surface area contributed by atoms with Crippen molar-refractivity contribution in [1.82, 2.24) is 4.57 Å². The quantitative estimate of drug-likeness (QED) is 0.190. The molecule has 1 aliphatic rings. The van der Waals surface area contributed by atoms with Crippen LogP contribution in [0.2, 0.25) is 10.0 Å². The maximum atomic E-state index is 13.8. The lowest BCUT2D eigenvalue weighted by Gasteiger charge is -2.24. The Balaban J connectivity index is 1.47. The van der Waals surface area contributed by atoms with E-state index in [0.29, 0.717) is 43.0 Å². The molecule has 0 N–H and O–H groups in total. The summed E-state index contributed by atoms with van der Waals surface area (Å²) in [4.78, 5) is 32.1. The van der Waals surface area contributed by atoms with Gasteiger partial charge < -0.3 is 14.2 Å². The molecule has 7 nitrogen and oxygen atoms in total. The highest BCUT2D eigenvalue weighted by Gasteiger charge is 2.33. The van der Waals surface area contributed by atoms with Gasteiger partial charge in [0.25, 0.3) is 5.56 Å². The fraction of sp³-hybridized carbons (Fsp3) is 0.194. The molecule has 1 atom stereocenters. The molecule has 210 valence electrons. The Morgan fingerprint density at radius 3 is 2.29 bits per heavy atom. The first-order valence-corrected chi connectivity index (χ1v) is 14.3. The van der Waals surface area contributed by atoms with Crippen LogP contribution >= 0.6 is 34.5 Å². The number of carbonyl (C=O) groups is 1. The van der Waals surface area contributed by atoms with Crippen molar-refractivity contribution in [3.05, 3.63) is 130 Å². The van der Waals surface area contributed by atoms with Gasteiger partial charge >= 0.3 is 5.97 Å². The number of aromatic nitrogens is 1. The van der Waals surface area contributed by atoms with Gasteiger partial charge in [-0.3, -0.25) is 9.36 Å². The number of hydrogen-bond acceptors (Lipinski definition) is 7. The van der Waals surface area contributed by atoms with Gasteiger partial charge in [0.05, 0.1) is 28.5 Å². The van der Waals surface area contributed by atoms with Gasteiger partial charge in [0.1, 0.15) is 19.0 Å². The van der Waals surface area contributed by atoms with E-state index in [2.05, 4.69) is 4.99 Å². The molecule has 5 rings (SSSR count). The number of halogens is 2. The Morgan fingerprint density at radius 2 is 1.63 bits per heavy atom. The van der Waals surface area contributed by atoms with Gasteiger partial charge in [-0.15, -0.1) is 0 Å². The average molecular weight is 610 g/mol. The molecule has 0 amide bonds.